The van der Waals surface area contributed by atoms with Crippen molar-refractivity contribution < 1.29 is 4.79 Å². The van der Waals surface area contributed by atoms with Crippen molar-refractivity contribution in [3.8, 4) is 0 Å². The Morgan fingerprint density at radius 2 is 1.90 bits per heavy atom. The Balaban J connectivity index is 2.05. The maximum absolute atomic E-state index is 11.7. The molecule has 0 saturated heterocycles. The molecule has 1 aromatic carbocycles. The maximum Gasteiger partial charge on any atom is 0.226 e. The molecule has 112 valence electrons. The van der Waals surface area contributed by atoms with E-state index < -0.39 is 0 Å². The van der Waals surface area contributed by atoms with Gasteiger partial charge in [-0.25, -0.2) is 0 Å². The van der Waals surface area contributed by atoms with Gasteiger partial charge >= 0.3 is 0 Å². The van der Waals surface area contributed by atoms with Crippen molar-refractivity contribution in [1.82, 2.24) is 0 Å². The minimum atomic E-state index is -0.0241. The summed E-state index contributed by atoms with van der Waals surface area (Å²) in [5.74, 6) is 0.00592. The molecule has 0 fully saturated rings. The highest BCUT2D eigenvalue weighted by Crippen LogP contribution is 2.28. The quantitative estimate of drug-likeness (QED) is 0.755. The number of thiophene rings is 1. The number of benzene rings is 1. The summed E-state index contributed by atoms with van der Waals surface area (Å²) in [6.45, 7) is 5.89. The first-order valence-corrected chi connectivity index (χ1v) is 8.54. The fraction of sp³-hybridized carbons (Fsp3) is 0.312. The molecule has 1 amide bonds. The van der Waals surface area contributed by atoms with E-state index in [1.54, 1.807) is 11.3 Å². The van der Waals surface area contributed by atoms with Gasteiger partial charge in [0, 0.05) is 32.0 Å². The van der Waals surface area contributed by atoms with Crippen LogP contribution in [0, 0.1) is 5.92 Å². The number of rotatable bonds is 5. The number of carbonyl (C=O) groups is 1. The third kappa shape index (κ3) is 4.58. The van der Waals surface area contributed by atoms with Crippen molar-refractivity contribution >= 4 is 44.5 Å². The zero-order chi connectivity index (χ0) is 15.4. The highest BCUT2D eigenvalue weighted by atomic mass is 79.9. The summed E-state index contributed by atoms with van der Waals surface area (Å²) in [5, 5.41) is 8.44. The number of carbonyl (C=O) groups excluding carboxylic acids is 1. The molecule has 1 aromatic heterocycles. The lowest BCUT2D eigenvalue weighted by molar-refractivity contribution is -0.118. The lowest BCUT2D eigenvalue weighted by Crippen LogP contribution is -2.17. The summed E-state index contributed by atoms with van der Waals surface area (Å²) in [6, 6.07) is 10.1. The van der Waals surface area contributed by atoms with Crippen molar-refractivity contribution in [2.75, 3.05) is 10.6 Å². The summed E-state index contributed by atoms with van der Waals surface area (Å²) < 4.78 is 1.11. The molecular formula is C16H19BrN2OS. The van der Waals surface area contributed by atoms with E-state index in [-0.39, 0.29) is 17.9 Å². The van der Waals surface area contributed by atoms with E-state index in [1.807, 2.05) is 38.1 Å². The average Bonchev–Trinajstić information content (AvgIpc) is 2.86. The Kier molecular flexibility index (Phi) is 5.42. The number of halogens is 1. The van der Waals surface area contributed by atoms with Crippen molar-refractivity contribution in [3.63, 3.8) is 0 Å². The highest BCUT2D eigenvalue weighted by Gasteiger charge is 2.10. The van der Waals surface area contributed by atoms with Gasteiger partial charge in [-0.1, -0.05) is 19.9 Å². The molecule has 0 spiro atoms. The molecule has 0 aliphatic heterocycles. The second-order valence-electron chi connectivity index (χ2n) is 5.26. The van der Waals surface area contributed by atoms with Crippen LogP contribution in [0.2, 0.25) is 0 Å². The van der Waals surface area contributed by atoms with Crippen molar-refractivity contribution in [2.45, 2.75) is 26.8 Å². The van der Waals surface area contributed by atoms with Gasteiger partial charge in [-0.05, 0) is 47.1 Å². The second kappa shape index (κ2) is 7.09. The van der Waals surface area contributed by atoms with Crippen LogP contribution in [0.1, 0.15) is 31.7 Å². The van der Waals surface area contributed by atoms with Crippen molar-refractivity contribution in [1.29, 1.82) is 0 Å². The fourth-order valence-corrected chi connectivity index (χ4v) is 3.30. The molecule has 1 atom stereocenters. The molecule has 2 rings (SSSR count). The van der Waals surface area contributed by atoms with Crippen LogP contribution < -0.4 is 10.6 Å². The third-order valence-corrected chi connectivity index (χ3v) is 4.93. The van der Waals surface area contributed by atoms with Gasteiger partial charge in [0.1, 0.15) is 0 Å². The highest BCUT2D eigenvalue weighted by molar-refractivity contribution is 9.10. The van der Waals surface area contributed by atoms with Crippen molar-refractivity contribution in [3.05, 3.63) is 45.1 Å². The maximum atomic E-state index is 11.7. The summed E-state index contributed by atoms with van der Waals surface area (Å²) in [6.07, 6.45) is 0. The van der Waals surface area contributed by atoms with Gasteiger partial charge in [0.2, 0.25) is 5.91 Å². The molecule has 3 nitrogen and oxygen atoms in total. The van der Waals surface area contributed by atoms with Crippen LogP contribution >= 0.6 is 27.3 Å². The van der Waals surface area contributed by atoms with Crippen LogP contribution in [-0.4, -0.2) is 5.91 Å². The van der Waals surface area contributed by atoms with E-state index in [1.165, 1.54) is 4.88 Å². The fourth-order valence-electron chi connectivity index (χ4n) is 1.85. The molecule has 0 bridgehead atoms. The lowest BCUT2D eigenvalue weighted by atomic mass is 10.2. The predicted octanol–water partition coefficient (Wildman–Crippen LogP) is 5.28. The third-order valence-electron chi connectivity index (χ3n) is 3.05. The number of amides is 1. The smallest absolute Gasteiger partial charge is 0.226 e. The Bertz CT molecular complexity index is 624. The number of hydrogen-bond donors (Lipinski definition) is 2. The largest absolute Gasteiger partial charge is 0.378 e. The minimum absolute atomic E-state index is 0.0241. The van der Waals surface area contributed by atoms with Crippen LogP contribution in [0.4, 0.5) is 11.4 Å². The minimum Gasteiger partial charge on any atom is -0.378 e. The number of hydrogen-bond acceptors (Lipinski definition) is 3. The summed E-state index contributed by atoms with van der Waals surface area (Å²) in [4.78, 5) is 13.0. The van der Waals surface area contributed by atoms with Gasteiger partial charge in [-0.2, -0.15) is 0 Å². The van der Waals surface area contributed by atoms with Crippen molar-refractivity contribution in [2.24, 2.45) is 5.92 Å². The summed E-state index contributed by atoms with van der Waals surface area (Å²) in [5.41, 5.74) is 1.81. The SMILES string of the molecule is CC(C)C(=O)Nc1cccc(NC(C)c2cc(Br)cs2)c1. The Morgan fingerprint density at radius 1 is 1.19 bits per heavy atom. The summed E-state index contributed by atoms with van der Waals surface area (Å²) in [7, 11) is 0. The van der Waals surface area contributed by atoms with Gasteiger partial charge in [-0.15, -0.1) is 11.3 Å². The van der Waals surface area contributed by atoms with Crippen LogP contribution in [0.3, 0.4) is 0 Å². The first kappa shape index (κ1) is 16.0. The zero-order valence-electron chi connectivity index (χ0n) is 12.3. The van der Waals surface area contributed by atoms with Crippen LogP contribution in [-0.2, 0) is 4.79 Å². The predicted molar refractivity (Wildman–Crippen MR) is 94.0 cm³/mol. The molecule has 2 aromatic rings. The molecule has 0 aliphatic carbocycles. The number of anilines is 2. The molecule has 0 aliphatic rings. The molecule has 2 N–H and O–H groups in total. The average molecular weight is 367 g/mol. The Hall–Kier alpha value is -1.33. The lowest BCUT2D eigenvalue weighted by Gasteiger charge is -2.15. The van der Waals surface area contributed by atoms with Gasteiger partial charge in [0.05, 0.1) is 6.04 Å². The van der Waals surface area contributed by atoms with Crippen LogP contribution in [0.25, 0.3) is 0 Å². The van der Waals surface area contributed by atoms with E-state index in [4.69, 9.17) is 0 Å². The second-order valence-corrected chi connectivity index (χ2v) is 7.12. The topological polar surface area (TPSA) is 41.1 Å². The van der Waals surface area contributed by atoms with Gasteiger partial charge in [0.15, 0.2) is 0 Å². The van der Waals surface area contributed by atoms with Crippen LogP contribution in [0.15, 0.2) is 40.2 Å². The number of nitrogens with one attached hydrogen (secondary N) is 2. The van der Waals surface area contributed by atoms with E-state index in [0.29, 0.717) is 0 Å². The molecule has 1 heterocycles. The monoisotopic (exact) mass is 366 g/mol. The molecule has 1 unspecified atom stereocenters. The van der Waals surface area contributed by atoms with E-state index in [9.17, 15) is 4.79 Å². The molecule has 0 saturated carbocycles. The van der Waals surface area contributed by atoms with E-state index >= 15 is 0 Å². The zero-order valence-corrected chi connectivity index (χ0v) is 14.7. The summed E-state index contributed by atoms with van der Waals surface area (Å²) >= 11 is 5.19. The van der Waals surface area contributed by atoms with Gasteiger partial charge in [-0.3, -0.25) is 4.79 Å². The first-order valence-electron chi connectivity index (χ1n) is 6.87. The van der Waals surface area contributed by atoms with Crippen LogP contribution in [0.5, 0.6) is 0 Å². The molecule has 21 heavy (non-hydrogen) atoms. The standard InChI is InChI=1S/C16H19BrN2OS/c1-10(2)16(20)19-14-6-4-5-13(8-14)18-11(3)15-7-12(17)9-21-15/h4-11,18H,1-3H3,(H,19,20). The Labute approximate surface area is 137 Å². The van der Waals surface area contributed by atoms with Gasteiger partial charge < -0.3 is 10.6 Å². The first-order chi connectivity index (χ1) is 9.95. The van der Waals surface area contributed by atoms with E-state index in [0.717, 1.165) is 15.8 Å². The van der Waals surface area contributed by atoms with Gasteiger partial charge in [0.25, 0.3) is 0 Å². The Morgan fingerprint density at radius 3 is 2.52 bits per heavy atom. The molecule has 0 radical (unpaired) electrons. The normalized spacial score (nSPS) is 12.2. The molecular weight excluding hydrogens is 348 g/mol. The molecule has 5 heteroatoms. The van der Waals surface area contributed by atoms with E-state index in [2.05, 4.69) is 44.9 Å².